The number of hydrogen-bond donors (Lipinski definition) is 0. The second-order valence-corrected chi connectivity index (χ2v) is 9.10. The van der Waals surface area contributed by atoms with E-state index in [1.165, 1.54) is 16.3 Å². The number of hydrazone groups is 1. The molecule has 0 N–H and O–H groups in total. The van der Waals surface area contributed by atoms with Gasteiger partial charge in [0.05, 0.1) is 33.5 Å². The van der Waals surface area contributed by atoms with Crippen molar-refractivity contribution >= 4 is 51.3 Å². The minimum atomic E-state index is -0.591. The summed E-state index contributed by atoms with van der Waals surface area (Å²) < 4.78 is 1.69. The Balaban J connectivity index is 1.51. The molecule has 6 nitrogen and oxygen atoms in total. The lowest BCUT2D eigenvalue weighted by Crippen LogP contribution is -2.27. The highest BCUT2D eigenvalue weighted by Gasteiger charge is 2.39. The first kappa shape index (κ1) is 20.9. The predicted octanol–water partition coefficient (Wildman–Crippen LogP) is 6.12. The highest BCUT2D eigenvalue weighted by Crippen LogP contribution is 2.36. The van der Waals surface area contributed by atoms with Crippen LogP contribution in [0.25, 0.3) is 16.9 Å². The number of halogens is 2. The number of anilines is 1. The van der Waals surface area contributed by atoms with Gasteiger partial charge in [-0.1, -0.05) is 53.5 Å². The smallest absolute Gasteiger partial charge is 0.264 e. The topological polar surface area (TPSA) is 63.4 Å². The molecule has 0 radical (unpaired) electrons. The van der Waals surface area contributed by atoms with Gasteiger partial charge in [0, 0.05) is 16.0 Å². The van der Waals surface area contributed by atoms with Gasteiger partial charge in [-0.2, -0.15) is 15.2 Å². The summed E-state index contributed by atoms with van der Waals surface area (Å²) in [5, 5.41) is 13.9. The van der Waals surface area contributed by atoms with E-state index in [0.29, 0.717) is 32.3 Å². The molecule has 3 heterocycles. The van der Waals surface area contributed by atoms with E-state index in [1.54, 1.807) is 22.9 Å². The van der Waals surface area contributed by atoms with Crippen LogP contribution < -0.4 is 5.01 Å². The van der Waals surface area contributed by atoms with Gasteiger partial charge in [-0.05, 0) is 38.1 Å². The van der Waals surface area contributed by atoms with Crippen LogP contribution in [0.5, 0.6) is 0 Å². The van der Waals surface area contributed by atoms with Crippen LogP contribution in [0.2, 0.25) is 10.0 Å². The third kappa shape index (κ3) is 3.62. The Morgan fingerprint density at radius 1 is 1.03 bits per heavy atom. The Bertz CT molecular complexity index is 1360. The van der Waals surface area contributed by atoms with Crippen LogP contribution in [0.1, 0.15) is 24.2 Å². The molecule has 1 atom stereocenters. The number of benzene rings is 2. The van der Waals surface area contributed by atoms with Crippen molar-refractivity contribution in [1.82, 2.24) is 14.8 Å². The molecule has 4 aromatic rings. The Kier molecular flexibility index (Phi) is 5.33. The van der Waals surface area contributed by atoms with Crippen LogP contribution >= 0.6 is 34.5 Å². The van der Waals surface area contributed by atoms with Crippen LogP contribution in [0, 0.1) is 6.92 Å². The first-order valence-electron chi connectivity index (χ1n) is 9.84. The molecule has 0 aliphatic carbocycles. The van der Waals surface area contributed by atoms with Crippen molar-refractivity contribution < 1.29 is 4.79 Å². The van der Waals surface area contributed by atoms with Gasteiger partial charge in [-0.15, -0.1) is 11.3 Å². The minimum absolute atomic E-state index is 0.178. The molecule has 1 unspecified atom stereocenters. The zero-order chi connectivity index (χ0) is 22.4. The van der Waals surface area contributed by atoms with Gasteiger partial charge in [0.1, 0.15) is 5.92 Å². The first-order chi connectivity index (χ1) is 15.4. The zero-order valence-corrected chi connectivity index (χ0v) is 19.5. The maximum absolute atomic E-state index is 13.5. The van der Waals surface area contributed by atoms with Crippen LogP contribution in [0.15, 0.2) is 65.1 Å². The second-order valence-electron chi connectivity index (χ2n) is 7.42. The van der Waals surface area contributed by atoms with Gasteiger partial charge < -0.3 is 0 Å². The maximum atomic E-state index is 13.5. The standard InChI is InChI=1S/C23H17Cl2N5OS/c1-13-10-20(29(27-13)19-9-8-16(24)11-17(19)25)21-14(2)28-30(22(21)31)23-26-18(12-32-23)15-6-4-3-5-7-15/h3-12,21H,1-2H3. The van der Waals surface area contributed by atoms with Gasteiger partial charge in [0.15, 0.2) is 0 Å². The molecule has 160 valence electrons. The van der Waals surface area contributed by atoms with Crippen molar-refractivity contribution in [3.63, 3.8) is 0 Å². The molecule has 1 aliphatic heterocycles. The Hall–Kier alpha value is -3.00. The SMILES string of the molecule is CC1=NN(c2nc(-c3ccccc3)cs2)C(=O)C1c1cc(C)nn1-c1ccc(Cl)cc1Cl. The predicted molar refractivity (Wildman–Crippen MR) is 129 cm³/mol. The number of amides is 1. The molecule has 0 saturated heterocycles. The summed E-state index contributed by atoms with van der Waals surface area (Å²) >= 11 is 13.9. The molecule has 32 heavy (non-hydrogen) atoms. The number of carbonyl (C=O) groups is 1. The molecular weight excluding hydrogens is 465 g/mol. The first-order valence-corrected chi connectivity index (χ1v) is 11.5. The third-order valence-electron chi connectivity index (χ3n) is 5.17. The van der Waals surface area contributed by atoms with E-state index >= 15 is 0 Å². The molecule has 2 aromatic heterocycles. The molecule has 2 aromatic carbocycles. The van der Waals surface area contributed by atoms with E-state index in [9.17, 15) is 4.79 Å². The second kappa shape index (κ2) is 8.16. The summed E-state index contributed by atoms with van der Waals surface area (Å²) in [5.41, 5.74) is 4.58. The van der Waals surface area contributed by atoms with Crippen LogP contribution in [0.4, 0.5) is 5.13 Å². The Morgan fingerprint density at radius 3 is 2.56 bits per heavy atom. The summed E-state index contributed by atoms with van der Waals surface area (Å²) in [6.45, 7) is 3.71. The third-order valence-corrected chi connectivity index (χ3v) is 6.52. The highest BCUT2D eigenvalue weighted by atomic mass is 35.5. The number of nitrogens with zero attached hydrogens (tertiary/aromatic N) is 5. The average Bonchev–Trinajstić information content (AvgIpc) is 3.46. The van der Waals surface area contributed by atoms with Gasteiger partial charge >= 0.3 is 0 Å². The van der Waals surface area contributed by atoms with E-state index in [1.807, 2.05) is 55.6 Å². The average molecular weight is 482 g/mol. The molecule has 0 saturated carbocycles. The quantitative estimate of drug-likeness (QED) is 0.352. The van der Waals surface area contributed by atoms with E-state index < -0.39 is 5.92 Å². The lowest BCUT2D eigenvalue weighted by Gasteiger charge is -2.15. The highest BCUT2D eigenvalue weighted by molar-refractivity contribution is 7.14. The molecule has 5 rings (SSSR count). The fourth-order valence-electron chi connectivity index (χ4n) is 3.72. The van der Waals surface area contributed by atoms with Crippen molar-refractivity contribution in [2.75, 3.05) is 5.01 Å². The summed E-state index contributed by atoms with van der Waals surface area (Å²) in [6.07, 6.45) is 0. The van der Waals surface area contributed by atoms with Gasteiger partial charge in [-0.25, -0.2) is 9.67 Å². The summed E-state index contributed by atoms with van der Waals surface area (Å²) in [5.74, 6) is -0.769. The fraction of sp³-hybridized carbons (Fsp3) is 0.130. The van der Waals surface area contributed by atoms with Gasteiger partial charge in [0.2, 0.25) is 5.13 Å². The van der Waals surface area contributed by atoms with Crippen LogP contribution in [-0.4, -0.2) is 26.4 Å². The van der Waals surface area contributed by atoms with Crippen LogP contribution in [-0.2, 0) is 4.79 Å². The molecule has 0 fully saturated rings. The van der Waals surface area contributed by atoms with Gasteiger partial charge in [0.25, 0.3) is 5.91 Å². The van der Waals surface area contributed by atoms with E-state index in [4.69, 9.17) is 23.2 Å². The summed E-state index contributed by atoms with van der Waals surface area (Å²) in [4.78, 5) is 18.1. The normalized spacial score (nSPS) is 16.0. The molecular formula is C23H17Cl2N5OS. The minimum Gasteiger partial charge on any atom is -0.271 e. The summed E-state index contributed by atoms with van der Waals surface area (Å²) in [7, 11) is 0. The maximum Gasteiger partial charge on any atom is 0.264 e. The van der Waals surface area contributed by atoms with Crippen molar-refractivity contribution in [2.24, 2.45) is 5.10 Å². The zero-order valence-electron chi connectivity index (χ0n) is 17.2. The van der Waals surface area contributed by atoms with E-state index in [-0.39, 0.29) is 5.91 Å². The van der Waals surface area contributed by atoms with E-state index in [0.717, 1.165) is 17.0 Å². The molecule has 1 aliphatic rings. The number of aryl methyl sites for hydroxylation is 1. The molecule has 0 bridgehead atoms. The lowest BCUT2D eigenvalue weighted by atomic mass is 10.00. The monoisotopic (exact) mass is 481 g/mol. The van der Waals surface area contributed by atoms with E-state index in [2.05, 4.69) is 15.2 Å². The van der Waals surface area contributed by atoms with Crippen molar-refractivity contribution in [1.29, 1.82) is 0 Å². The Morgan fingerprint density at radius 2 is 1.81 bits per heavy atom. The summed E-state index contributed by atoms with van der Waals surface area (Å²) in [6, 6.07) is 16.9. The van der Waals surface area contributed by atoms with Crippen molar-refractivity contribution in [3.05, 3.63) is 81.4 Å². The molecule has 9 heteroatoms. The number of carbonyl (C=O) groups excluding carboxylic acids is 1. The van der Waals surface area contributed by atoms with Gasteiger partial charge in [-0.3, -0.25) is 4.79 Å². The van der Waals surface area contributed by atoms with Crippen molar-refractivity contribution in [3.8, 4) is 16.9 Å². The van der Waals surface area contributed by atoms with Crippen LogP contribution in [0.3, 0.4) is 0 Å². The number of rotatable bonds is 4. The number of aromatic nitrogens is 3. The largest absolute Gasteiger partial charge is 0.271 e. The number of hydrogen-bond acceptors (Lipinski definition) is 5. The fourth-order valence-corrected chi connectivity index (χ4v) is 4.99. The molecule has 1 amide bonds. The lowest BCUT2D eigenvalue weighted by molar-refractivity contribution is -0.118. The van der Waals surface area contributed by atoms with Crippen molar-refractivity contribution in [2.45, 2.75) is 19.8 Å². The molecule has 0 spiro atoms. The number of thiazole rings is 1. The Labute approximate surface area is 198 Å².